The van der Waals surface area contributed by atoms with Crippen molar-refractivity contribution in [3.63, 3.8) is 0 Å². The van der Waals surface area contributed by atoms with Crippen LogP contribution in [0.25, 0.3) is 0 Å². The van der Waals surface area contributed by atoms with Gasteiger partial charge in [0.1, 0.15) is 0 Å². The van der Waals surface area contributed by atoms with Crippen molar-refractivity contribution in [1.82, 2.24) is 4.90 Å². The molecule has 0 spiro atoms. The number of hydrogen-bond acceptors (Lipinski definition) is 1. The van der Waals surface area contributed by atoms with Crippen molar-refractivity contribution in [1.29, 1.82) is 0 Å². The maximum atomic E-state index is 3.98. The van der Waals surface area contributed by atoms with Gasteiger partial charge in [0.05, 0.1) is 0 Å². The summed E-state index contributed by atoms with van der Waals surface area (Å²) in [5.74, 6) is 0. The number of nitrogens with zero attached hydrogens (tertiary/aromatic N) is 1. The summed E-state index contributed by atoms with van der Waals surface area (Å²) in [6.07, 6.45) is 13.5. The van der Waals surface area contributed by atoms with E-state index < -0.39 is 0 Å². The minimum atomic E-state index is 0.524. The molecule has 1 heteroatoms. The van der Waals surface area contributed by atoms with Crippen LogP contribution in [0.3, 0.4) is 0 Å². The van der Waals surface area contributed by atoms with Crippen LogP contribution in [0.15, 0.2) is 12.7 Å². The van der Waals surface area contributed by atoms with Crippen molar-refractivity contribution in [2.24, 2.45) is 0 Å². The van der Waals surface area contributed by atoms with Crippen molar-refractivity contribution in [2.45, 2.75) is 75.4 Å². The normalized spacial score (nSPS) is 49.3. The Morgan fingerprint density at radius 2 is 2.13 bits per heavy atom. The molecule has 0 aliphatic carbocycles. The van der Waals surface area contributed by atoms with Crippen molar-refractivity contribution in [3.05, 3.63) is 12.7 Å². The molecule has 0 aromatic heterocycles. The highest BCUT2D eigenvalue weighted by atomic mass is 15.4. The Balaban J connectivity index is 1.93. The Morgan fingerprint density at radius 3 is 2.93 bits per heavy atom. The summed E-state index contributed by atoms with van der Waals surface area (Å²) in [5, 5.41) is 0. The van der Waals surface area contributed by atoms with E-state index in [2.05, 4.69) is 24.5 Å². The molecule has 0 radical (unpaired) electrons. The van der Waals surface area contributed by atoms with Gasteiger partial charge in [-0.05, 0) is 51.9 Å². The van der Waals surface area contributed by atoms with E-state index in [9.17, 15) is 0 Å². The third-order valence-corrected chi connectivity index (χ3v) is 5.19. The Kier molecular flexibility index (Phi) is 2.04. The Bertz CT molecular complexity index is 281. The quantitative estimate of drug-likeness (QED) is 0.624. The van der Waals surface area contributed by atoms with E-state index in [4.69, 9.17) is 0 Å². The Morgan fingerprint density at radius 1 is 1.33 bits per heavy atom. The van der Waals surface area contributed by atoms with Crippen LogP contribution >= 0.6 is 0 Å². The minimum absolute atomic E-state index is 0.524. The standard InChI is InChI=1S/C14H23N/c1-3-7-14-9-4-6-12-11-13(2,15(12)14)8-5-10-14/h3,12H,1,4-11H2,2H3. The third-order valence-electron chi connectivity index (χ3n) is 5.19. The van der Waals surface area contributed by atoms with E-state index in [0.29, 0.717) is 11.1 Å². The van der Waals surface area contributed by atoms with Crippen molar-refractivity contribution >= 4 is 0 Å². The van der Waals surface area contributed by atoms with Crippen LogP contribution in [-0.4, -0.2) is 22.0 Å². The van der Waals surface area contributed by atoms with Gasteiger partial charge in [0.15, 0.2) is 0 Å². The van der Waals surface area contributed by atoms with E-state index in [1.165, 1.54) is 51.4 Å². The van der Waals surface area contributed by atoms with Crippen molar-refractivity contribution in [3.8, 4) is 0 Å². The first kappa shape index (κ1) is 9.89. The number of rotatable bonds is 2. The summed E-state index contributed by atoms with van der Waals surface area (Å²) in [6.45, 7) is 6.47. The zero-order valence-corrected chi connectivity index (χ0v) is 9.97. The summed E-state index contributed by atoms with van der Waals surface area (Å²) in [5.41, 5.74) is 1.09. The van der Waals surface area contributed by atoms with E-state index in [0.717, 1.165) is 6.04 Å². The Hall–Kier alpha value is -0.300. The highest BCUT2D eigenvalue weighted by Gasteiger charge is 2.59. The lowest BCUT2D eigenvalue weighted by atomic mass is 9.60. The molecule has 3 saturated heterocycles. The molecule has 0 N–H and O–H groups in total. The molecular weight excluding hydrogens is 182 g/mol. The maximum Gasteiger partial charge on any atom is 0.0252 e. The summed E-state index contributed by atoms with van der Waals surface area (Å²) >= 11 is 0. The minimum Gasteiger partial charge on any atom is -0.289 e. The second-order valence-electron chi connectivity index (χ2n) is 6.19. The lowest BCUT2D eigenvalue weighted by molar-refractivity contribution is -0.192. The zero-order chi connectivity index (χ0) is 10.5. The Labute approximate surface area is 93.5 Å². The molecule has 0 amide bonds. The molecule has 1 nitrogen and oxygen atoms in total. The highest BCUT2D eigenvalue weighted by Crippen LogP contribution is 2.57. The molecule has 15 heavy (non-hydrogen) atoms. The average Bonchev–Trinajstić information content (AvgIpc) is 2.16. The molecule has 0 saturated carbocycles. The summed E-state index contributed by atoms with van der Waals surface area (Å²) < 4.78 is 0. The van der Waals surface area contributed by atoms with Gasteiger partial charge >= 0.3 is 0 Å². The second kappa shape index (κ2) is 3.10. The van der Waals surface area contributed by atoms with E-state index in [-0.39, 0.29) is 0 Å². The molecule has 0 aromatic rings. The van der Waals surface area contributed by atoms with Crippen molar-refractivity contribution in [2.75, 3.05) is 0 Å². The monoisotopic (exact) mass is 205 g/mol. The molecule has 0 bridgehead atoms. The highest BCUT2D eigenvalue weighted by molar-refractivity contribution is 5.16. The SMILES string of the molecule is C=CCC12CCCC3CC(C)(CCC1)N32. The second-order valence-corrected chi connectivity index (χ2v) is 6.19. The van der Waals surface area contributed by atoms with Gasteiger partial charge in [0.2, 0.25) is 0 Å². The van der Waals surface area contributed by atoms with E-state index in [1.54, 1.807) is 0 Å². The topological polar surface area (TPSA) is 3.24 Å². The first-order valence-electron chi connectivity index (χ1n) is 6.61. The largest absolute Gasteiger partial charge is 0.289 e. The van der Waals surface area contributed by atoms with Gasteiger partial charge in [-0.25, -0.2) is 0 Å². The van der Waals surface area contributed by atoms with Gasteiger partial charge in [-0.2, -0.15) is 0 Å². The van der Waals surface area contributed by atoms with Gasteiger partial charge < -0.3 is 0 Å². The van der Waals surface area contributed by atoms with Gasteiger partial charge in [-0.3, -0.25) is 4.90 Å². The number of hydrogen-bond donors (Lipinski definition) is 0. The van der Waals surface area contributed by atoms with E-state index >= 15 is 0 Å². The molecule has 3 rings (SSSR count). The molecule has 3 unspecified atom stereocenters. The molecule has 84 valence electrons. The fraction of sp³-hybridized carbons (Fsp3) is 0.857. The van der Waals surface area contributed by atoms with Gasteiger partial charge in [-0.15, -0.1) is 6.58 Å². The predicted molar refractivity (Wildman–Crippen MR) is 63.9 cm³/mol. The van der Waals surface area contributed by atoms with Crippen molar-refractivity contribution < 1.29 is 0 Å². The average molecular weight is 205 g/mol. The van der Waals surface area contributed by atoms with Gasteiger partial charge in [0.25, 0.3) is 0 Å². The van der Waals surface area contributed by atoms with Crippen LogP contribution in [0.1, 0.15) is 58.3 Å². The molecule has 3 aliphatic rings. The molecule has 3 heterocycles. The van der Waals surface area contributed by atoms with Crippen LogP contribution in [0.5, 0.6) is 0 Å². The fourth-order valence-electron chi connectivity index (χ4n) is 4.84. The summed E-state index contributed by atoms with van der Waals surface area (Å²) in [4.78, 5) is 2.90. The van der Waals surface area contributed by atoms with Crippen LogP contribution < -0.4 is 0 Å². The third kappa shape index (κ3) is 1.19. The van der Waals surface area contributed by atoms with Crippen LogP contribution in [0.4, 0.5) is 0 Å². The predicted octanol–water partition coefficient (Wildman–Crippen LogP) is 3.50. The zero-order valence-electron chi connectivity index (χ0n) is 9.97. The summed E-state index contributed by atoms with van der Waals surface area (Å²) in [6, 6.07) is 0.920. The smallest absolute Gasteiger partial charge is 0.0252 e. The van der Waals surface area contributed by atoms with Crippen LogP contribution in [0, 0.1) is 0 Å². The number of piperidine rings is 2. The molecular formula is C14H23N. The van der Waals surface area contributed by atoms with E-state index in [1.807, 2.05) is 0 Å². The molecule has 0 aromatic carbocycles. The first-order valence-corrected chi connectivity index (χ1v) is 6.61. The maximum absolute atomic E-state index is 3.98. The van der Waals surface area contributed by atoms with Crippen LogP contribution in [0.2, 0.25) is 0 Å². The lowest BCUT2D eigenvalue weighted by Gasteiger charge is -2.70. The summed E-state index contributed by atoms with van der Waals surface area (Å²) in [7, 11) is 0. The molecule has 3 atom stereocenters. The first-order chi connectivity index (χ1) is 7.20. The van der Waals surface area contributed by atoms with Gasteiger partial charge in [-0.1, -0.05) is 12.5 Å². The lowest BCUT2D eigenvalue weighted by Crippen LogP contribution is -2.75. The van der Waals surface area contributed by atoms with Gasteiger partial charge in [0, 0.05) is 17.1 Å². The molecule has 3 fully saturated rings. The fourth-order valence-corrected chi connectivity index (χ4v) is 4.84. The molecule has 3 aliphatic heterocycles. The van der Waals surface area contributed by atoms with Crippen LogP contribution in [-0.2, 0) is 0 Å².